The number of carbonyl (C=O) groups is 1. The van der Waals surface area contributed by atoms with Gasteiger partial charge >= 0.3 is 0 Å². The van der Waals surface area contributed by atoms with Crippen molar-refractivity contribution in [1.29, 1.82) is 0 Å². The lowest BCUT2D eigenvalue weighted by molar-refractivity contribution is -0.121. The van der Waals surface area contributed by atoms with Crippen LogP contribution in [0.2, 0.25) is 5.02 Å². The van der Waals surface area contributed by atoms with E-state index in [1.807, 2.05) is 6.92 Å². The lowest BCUT2D eigenvalue weighted by atomic mass is 10.2. The van der Waals surface area contributed by atoms with E-state index in [0.29, 0.717) is 11.6 Å². The van der Waals surface area contributed by atoms with Crippen molar-refractivity contribution in [3.05, 3.63) is 23.2 Å². The predicted molar refractivity (Wildman–Crippen MR) is 59.6 cm³/mol. The number of benzene rings is 1. The van der Waals surface area contributed by atoms with Gasteiger partial charge in [0.15, 0.2) is 6.61 Å². The Balaban J connectivity index is 2.41. The van der Waals surface area contributed by atoms with Crippen molar-refractivity contribution in [2.45, 2.75) is 13.3 Å². The lowest BCUT2D eigenvalue weighted by Crippen LogP contribution is -2.39. The van der Waals surface area contributed by atoms with Crippen LogP contribution >= 0.6 is 11.6 Å². The number of hydrogen-bond donors (Lipinski definition) is 0. The number of anilines is 1. The average Bonchev–Trinajstić information content (AvgIpc) is 2.23. The largest absolute Gasteiger partial charge is 0.482 e. The van der Waals surface area contributed by atoms with Crippen molar-refractivity contribution in [2.24, 2.45) is 0 Å². The maximum atomic E-state index is 11.6. The van der Waals surface area contributed by atoms with Crippen LogP contribution in [0.25, 0.3) is 0 Å². The summed E-state index contributed by atoms with van der Waals surface area (Å²) in [6.07, 6.45) is 0.914. The zero-order valence-corrected chi connectivity index (χ0v) is 9.25. The lowest BCUT2D eigenvalue weighted by Gasteiger charge is -2.29. The molecule has 0 fully saturated rings. The van der Waals surface area contributed by atoms with Gasteiger partial charge in [-0.3, -0.25) is 4.79 Å². The van der Waals surface area contributed by atoms with Crippen LogP contribution in [0.4, 0.5) is 5.69 Å². The van der Waals surface area contributed by atoms with Gasteiger partial charge in [-0.1, -0.05) is 18.5 Å². The molecule has 2 rings (SSSR count). The molecule has 1 aliphatic heterocycles. The van der Waals surface area contributed by atoms with Crippen LogP contribution in [-0.2, 0) is 4.79 Å². The molecule has 0 aromatic heterocycles. The fraction of sp³-hybridized carbons (Fsp3) is 0.364. The van der Waals surface area contributed by atoms with E-state index in [4.69, 9.17) is 16.3 Å². The van der Waals surface area contributed by atoms with E-state index < -0.39 is 0 Å². The molecule has 0 bridgehead atoms. The minimum Gasteiger partial charge on any atom is -0.482 e. The number of hydrogen-bond acceptors (Lipinski definition) is 2. The van der Waals surface area contributed by atoms with E-state index in [1.54, 1.807) is 23.1 Å². The minimum atomic E-state index is -0.00776. The number of ether oxygens (including phenoxy) is 1. The molecule has 0 atom stereocenters. The van der Waals surface area contributed by atoms with Crippen LogP contribution in [0, 0.1) is 0 Å². The second kappa shape index (κ2) is 4.11. The summed E-state index contributed by atoms with van der Waals surface area (Å²) in [7, 11) is 0. The van der Waals surface area contributed by atoms with Gasteiger partial charge in [0.25, 0.3) is 5.91 Å². The Bertz CT molecular complexity index is 392. The van der Waals surface area contributed by atoms with Crippen LogP contribution < -0.4 is 9.64 Å². The normalized spacial score (nSPS) is 14.8. The van der Waals surface area contributed by atoms with Gasteiger partial charge in [-0.05, 0) is 24.6 Å². The third-order valence-electron chi connectivity index (χ3n) is 2.31. The van der Waals surface area contributed by atoms with E-state index in [2.05, 4.69) is 0 Å². The van der Waals surface area contributed by atoms with Crippen molar-refractivity contribution in [1.82, 2.24) is 0 Å². The van der Waals surface area contributed by atoms with Gasteiger partial charge in [0, 0.05) is 11.6 Å². The quantitative estimate of drug-likeness (QED) is 0.774. The number of nitrogens with zero attached hydrogens (tertiary/aromatic N) is 1. The van der Waals surface area contributed by atoms with E-state index in [1.165, 1.54) is 0 Å². The van der Waals surface area contributed by atoms with Gasteiger partial charge in [-0.25, -0.2) is 0 Å². The number of amides is 1. The first kappa shape index (κ1) is 10.3. The molecule has 0 N–H and O–H groups in total. The van der Waals surface area contributed by atoms with Gasteiger partial charge in [0.05, 0.1) is 5.69 Å². The molecule has 15 heavy (non-hydrogen) atoms. The van der Waals surface area contributed by atoms with Crippen LogP contribution in [-0.4, -0.2) is 19.1 Å². The molecule has 0 spiro atoms. The van der Waals surface area contributed by atoms with Crippen LogP contribution in [0.3, 0.4) is 0 Å². The fourth-order valence-electron chi connectivity index (χ4n) is 1.64. The molecule has 0 unspecified atom stereocenters. The first-order valence-electron chi connectivity index (χ1n) is 4.95. The molecule has 0 aliphatic carbocycles. The van der Waals surface area contributed by atoms with Gasteiger partial charge in [-0.2, -0.15) is 0 Å². The van der Waals surface area contributed by atoms with Crippen LogP contribution in [0.1, 0.15) is 13.3 Å². The summed E-state index contributed by atoms with van der Waals surface area (Å²) >= 11 is 5.90. The van der Waals surface area contributed by atoms with Crippen molar-refractivity contribution < 1.29 is 9.53 Å². The van der Waals surface area contributed by atoms with E-state index >= 15 is 0 Å². The highest BCUT2D eigenvalue weighted by molar-refractivity contribution is 6.31. The SMILES string of the molecule is CCCN1C(=O)COc2ccc(Cl)cc21. The maximum Gasteiger partial charge on any atom is 0.265 e. The van der Waals surface area contributed by atoms with Gasteiger partial charge in [0.2, 0.25) is 0 Å². The Hall–Kier alpha value is -1.22. The first-order chi connectivity index (χ1) is 7.22. The highest BCUT2D eigenvalue weighted by atomic mass is 35.5. The van der Waals surface area contributed by atoms with Crippen molar-refractivity contribution in [2.75, 3.05) is 18.1 Å². The molecule has 1 heterocycles. The van der Waals surface area contributed by atoms with Crippen LogP contribution in [0.5, 0.6) is 5.75 Å². The summed E-state index contributed by atoms with van der Waals surface area (Å²) < 4.78 is 5.32. The van der Waals surface area contributed by atoms with Crippen molar-refractivity contribution in [3.63, 3.8) is 0 Å². The number of carbonyl (C=O) groups excluding carboxylic acids is 1. The molecule has 1 aromatic rings. The molecule has 1 aliphatic rings. The molecule has 1 amide bonds. The summed E-state index contributed by atoms with van der Waals surface area (Å²) in [5.41, 5.74) is 0.778. The molecule has 3 nitrogen and oxygen atoms in total. The van der Waals surface area contributed by atoms with E-state index in [9.17, 15) is 4.79 Å². The Morgan fingerprint density at radius 1 is 1.53 bits per heavy atom. The number of rotatable bonds is 2. The van der Waals surface area contributed by atoms with Gasteiger partial charge in [0.1, 0.15) is 5.75 Å². The Morgan fingerprint density at radius 2 is 2.33 bits per heavy atom. The van der Waals surface area contributed by atoms with Crippen molar-refractivity contribution >= 4 is 23.2 Å². The third kappa shape index (κ3) is 1.92. The molecule has 80 valence electrons. The molecule has 0 radical (unpaired) electrons. The monoisotopic (exact) mass is 225 g/mol. The highest BCUT2D eigenvalue weighted by Gasteiger charge is 2.24. The summed E-state index contributed by atoms with van der Waals surface area (Å²) in [4.78, 5) is 13.3. The molecule has 0 saturated heterocycles. The number of fused-ring (bicyclic) bond motifs is 1. The molecular weight excluding hydrogens is 214 g/mol. The Labute approximate surface area is 93.6 Å². The second-order valence-electron chi connectivity index (χ2n) is 3.45. The summed E-state index contributed by atoms with van der Waals surface area (Å²) in [5, 5.41) is 0.619. The minimum absolute atomic E-state index is 0.00776. The zero-order valence-electron chi connectivity index (χ0n) is 8.50. The van der Waals surface area contributed by atoms with Crippen molar-refractivity contribution in [3.8, 4) is 5.75 Å². The smallest absolute Gasteiger partial charge is 0.265 e. The number of halogens is 1. The van der Waals surface area contributed by atoms with Gasteiger partial charge < -0.3 is 9.64 Å². The standard InChI is InChI=1S/C11H12ClNO2/c1-2-5-13-9-6-8(12)3-4-10(9)15-7-11(13)14/h3-4,6H,2,5,7H2,1H3. The second-order valence-corrected chi connectivity index (χ2v) is 3.88. The Morgan fingerprint density at radius 3 is 3.07 bits per heavy atom. The summed E-state index contributed by atoms with van der Waals surface area (Å²) in [5.74, 6) is 0.721. The highest BCUT2D eigenvalue weighted by Crippen LogP contribution is 2.34. The first-order valence-corrected chi connectivity index (χ1v) is 5.33. The molecule has 4 heteroatoms. The maximum absolute atomic E-state index is 11.6. The fourth-order valence-corrected chi connectivity index (χ4v) is 1.81. The molecular formula is C11H12ClNO2. The molecule has 0 saturated carbocycles. The Kier molecular flexibility index (Phi) is 2.82. The van der Waals surface area contributed by atoms with Crippen LogP contribution in [0.15, 0.2) is 18.2 Å². The zero-order chi connectivity index (χ0) is 10.8. The average molecular weight is 226 g/mol. The van der Waals surface area contributed by atoms with E-state index in [0.717, 1.165) is 17.9 Å². The topological polar surface area (TPSA) is 29.5 Å². The van der Waals surface area contributed by atoms with E-state index in [-0.39, 0.29) is 12.5 Å². The third-order valence-corrected chi connectivity index (χ3v) is 2.55. The predicted octanol–water partition coefficient (Wildman–Crippen LogP) is 2.48. The summed E-state index contributed by atoms with van der Waals surface area (Å²) in [6, 6.07) is 5.33. The summed E-state index contributed by atoms with van der Waals surface area (Å²) in [6.45, 7) is 2.86. The molecule has 1 aromatic carbocycles. The van der Waals surface area contributed by atoms with Gasteiger partial charge in [-0.15, -0.1) is 0 Å².